The first-order valence-electron chi connectivity index (χ1n) is 6.42. The predicted molar refractivity (Wildman–Crippen MR) is 70.1 cm³/mol. The third kappa shape index (κ3) is 3.29. The van der Waals surface area contributed by atoms with E-state index in [9.17, 15) is 9.18 Å². The fraction of sp³-hybridized carbons (Fsp3) is 0.500. The first-order chi connectivity index (χ1) is 8.66. The highest BCUT2D eigenvalue weighted by Crippen LogP contribution is 2.16. The van der Waals surface area contributed by atoms with E-state index in [2.05, 4.69) is 5.32 Å². The molecule has 1 saturated heterocycles. The molecule has 4 heteroatoms. The van der Waals surface area contributed by atoms with Gasteiger partial charge in [-0.25, -0.2) is 4.39 Å². The molecular weight excluding hydrogens is 231 g/mol. The Kier molecular flexibility index (Phi) is 4.31. The lowest BCUT2D eigenvalue weighted by Crippen LogP contribution is -2.29. The monoisotopic (exact) mass is 250 g/mol. The van der Waals surface area contributed by atoms with Gasteiger partial charge in [0, 0.05) is 25.2 Å². The van der Waals surface area contributed by atoms with Crippen LogP contribution in [0, 0.1) is 5.82 Å². The van der Waals surface area contributed by atoms with Crippen LogP contribution in [0.25, 0.3) is 0 Å². The molecule has 1 unspecified atom stereocenters. The van der Waals surface area contributed by atoms with Crippen molar-refractivity contribution in [1.82, 2.24) is 5.32 Å². The first-order valence-corrected chi connectivity index (χ1v) is 6.42. The Balaban J connectivity index is 1.85. The molecule has 98 valence electrons. The Morgan fingerprint density at radius 1 is 1.44 bits per heavy atom. The van der Waals surface area contributed by atoms with E-state index in [-0.39, 0.29) is 11.7 Å². The quantitative estimate of drug-likeness (QED) is 0.889. The zero-order valence-corrected chi connectivity index (χ0v) is 10.7. The minimum absolute atomic E-state index is 0.0790. The minimum atomic E-state index is -0.283. The fourth-order valence-electron chi connectivity index (χ4n) is 2.28. The number of halogens is 1. The Morgan fingerprint density at radius 3 is 2.78 bits per heavy atom. The third-order valence-electron chi connectivity index (χ3n) is 3.46. The van der Waals surface area contributed by atoms with Crippen LogP contribution in [0.2, 0.25) is 0 Å². The molecule has 1 amide bonds. The molecule has 0 spiro atoms. The van der Waals surface area contributed by atoms with E-state index < -0.39 is 0 Å². The molecule has 1 atom stereocenters. The van der Waals surface area contributed by atoms with Gasteiger partial charge in [-0.3, -0.25) is 4.79 Å². The summed E-state index contributed by atoms with van der Waals surface area (Å²) in [6, 6.07) is 6.48. The van der Waals surface area contributed by atoms with Gasteiger partial charge in [-0.2, -0.15) is 0 Å². The zero-order valence-electron chi connectivity index (χ0n) is 10.7. The van der Waals surface area contributed by atoms with Crippen LogP contribution in [0.5, 0.6) is 0 Å². The van der Waals surface area contributed by atoms with Crippen LogP contribution in [0.3, 0.4) is 0 Å². The molecule has 2 rings (SSSR count). The van der Waals surface area contributed by atoms with Crippen LogP contribution in [0.15, 0.2) is 24.3 Å². The van der Waals surface area contributed by atoms with Gasteiger partial charge in [-0.15, -0.1) is 0 Å². The maximum atomic E-state index is 12.8. The van der Waals surface area contributed by atoms with E-state index in [0.717, 1.165) is 25.1 Å². The molecule has 1 N–H and O–H groups in total. The maximum Gasteiger partial charge on any atom is 0.226 e. The summed E-state index contributed by atoms with van der Waals surface area (Å²) in [7, 11) is 1.73. The number of anilines is 1. The molecular formula is C14H19FN2O. The highest BCUT2D eigenvalue weighted by Gasteiger charge is 2.17. The molecule has 0 radical (unpaired) electrons. The van der Waals surface area contributed by atoms with Crippen molar-refractivity contribution in [3.8, 4) is 0 Å². The summed E-state index contributed by atoms with van der Waals surface area (Å²) in [5.74, 6) is -0.204. The zero-order chi connectivity index (χ0) is 13.0. The van der Waals surface area contributed by atoms with Gasteiger partial charge in [0.05, 0.1) is 0 Å². The molecule has 1 aromatic carbocycles. The van der Waals surface area contributed by atoms with Crippen molar-refractivity contribution < 1.29 is 9.18 Å². The molecule has 1 fully saturated rings. The smallest absolute Gasteiger partial charge is 0.226 e. The van der Waals surface area contributed by atoms with E-state index >= 15 is 0 Å². The van der Waals surface area contributed by atoms with Crippen molar-refractivity contribution in [2.45, 2.75) is 31.7 Å². The number of nitrogens with one attached hydrogen (secondary N) is 1. The molecule has 18 heavy (non-hydrogen) atoms. The second-order valence-corrected chi connectivity index (χ2v) is 4.76. The van der Waals surface area contributed by atoms with Crippen molar-refractivity contribution in [2.24, 2.45) is 0 Å². The van der Waals surface area contributed by atoms with Gasteiger partial charge in [-0.05, 0) is 50.1 Å². The Morgan fingerprint density at radius 2 is 2.17 bits per heavy atom. The molecule has 1 heterocycles. The van der Waals surface area contributed by atoms with E-state index in [1.54, 1.807) is 24.1 Å². The summed E-state index contributed by atoms with van der Waals surface area (Å²) in [5, 5.41) is 3.38. The second-order valence-electron chi connectivity index (χ2n) is 4.76. The normalized spacial score (nSPS) is 18.9. The van der Waals surface area contributed by atoms with Crippen molar-refractivity contribution in [3.63, 3.8) is 0 Å². The lowest BCUT2D eigenvalue weighted by atomic mass is 10.1. The van der Waals surface area contributed by atoms with Gasteiger partial charge in [-0.1, -0.05) is 0 Å². The van der Waals surface area contributed by atoms with Crippen molar-refractivity contribution in [1.29, 1.82) is 0 Å². The largest absolute Gasteiger partial charge is 0.316 e. The minimum Gasteiger partial charge on any atom is -0.316 e. The van der Waals surface area contributed by atoms with Gasteiger partial charge < -0.3 is 10.2 Å². The average molecular weight is 250 g/mol. The summed E-state index contributed by atoms with van der Waals surface area (Å²) >= 11 is 0. The number of amides is 1. The molecule has 0 saturated carbocycles. The van der Waals surface area contributed by atoms with Crippen LogP contribution in [0.1, 0.15) is 25.7 Å². The number of carbonyl (C=O) groups is 1. The van der Waals surface area contributed by atoms with Crippen LogP contribution in [-0.2, 0) is 4.79 Å². The fourth-order valence-corrected chi connectivity index (χ4v) is 2.28. The number of hydrogen-bond acceptors (Lipinski definition) is 2. The first kappa shape index (κ1) is 13.0. The molecule has 0 aliphatic carbocycles. The molecule has 1 aliphatic heterocycles. The van der Waals surface area contributed by atoms with Gasteiger partial charge in [0.2, 0.25) is 5.91 Å². The summed E-state index contributed by atoms with van der Waals surface area (Å²) < 4.78 is 12.8. The van der Waals surface area contributed by atoms with Crippen LogP contribution in [-0.4, -0.2) is 25.5 Å². The van der Waals surface area contributed by atoms with Gasteiger partial charge in [0.15, 0.2) is 0 Å². The van der Waals surface area contributed by atoms with Gasteiger partial charge in [0.1, 0.15) is 5.82 Å². The van der Waals surface area contributed by atoms with Crippen molar-refractivity contribution in [2.75, 3.05) is 18.5 Å². The van der Waals surface area contributed by atoms with Crippen LogP contribution in [0.4, 0.5) is 10.1 Å². The third-order valence-corrected chi connectivity index (χ3v) is 3.46. The lowest BCUT2D eigenvalue weighted by Gasteiger charge is -2.18. The molecule has 0 bridgehead atoms. The van der Waals surface area contributed by atoms with E-state index in [1.807, 2.05) is 0 Å². The highest BCUT2D eigenvalue weighted by atomic mass is 19.1. The van der Waals surface area contributed by atoms with Crippen molar-refractivity contribution >= 4 is 11.6 Å². The maximum absolute atomic E-state index is 12.8. The van der Waals surface area contributed by atoms with Crippen LogP contribution < -0.4 is 10.2 Å². The summed E-state index contributed by atoms with van der Waals surface area (Å²) in [6.45, 7) is 1.06. The molecule has 1 aromatic rings. The van der Waals surface area contributed by atoms with E-state index in [1.165, 1.54) is 18.6 Å². The number of hydrogen-bond donors (Lipinski definition) is 1. The van der Waals surface area contributed by atoms with Crippen LogP contribution >= 0.6 is 0 Å². The van der Waals surface area contributed by atoms with E-state index in [0.29, 0.717) is 12.5 Å². The summed E-state index contributed by atoms with van der Waals surface area (Å²) in [4.78, 5) is 13.6. The lowest BCUT2D eigenvalue weighted by molar-refractivity contribution is -0.118. The van der Waals surface area contributed by atoms with Gasteiger partial charge >= 0.3 is 0 Å². The Labute approximate surface area is 107 Å². The predicted octanol–water partition coefficient (Wildman–Crippen LogP) is 2.32. The topological polar surface area (TPSA) is 32.3 Å². The SMILES string of the molecule is CN(C(=O)CCC1CCCN1)c1ccc(F)cc1. The van der Waals surface area contributed by atoms with E-state index in [4.69, 9.17) is 0 Å². The van der Waals surface area contributed by atoms with Gasteiger partial charge in [0.25, 0.3) is 0 Å². The molecule has 3 nitrogen and oxygen atoms in total. The Hall–Kier alpha value is -1.42. The average Bonchev–Trinajstić information content (AvgIpc) is 2.89. The van der Waals surface area contributed by atoms with Crippen molar-refractivity contribution in [3.05, 3.63) is 30.1 Å². The highest BCUT2D eigenvalue weighted by molar-refractivity contribution is 5.92. The second kappa shape index (κ2) is 5.96. The standard InChI is InChI=1S/C14H19FN2O/c1-17(13-7-4-11(15)5-8-13)14(18)9-6-12-3-2-10-16-12/h4-5,7-8,12,16H,2-3,6,9-10H2,1H3. The summed E-state index contributed by atoms with van der Waals surface area (Å²) in [6.07, 6.45) is 3.77. The Bertz CT molecular complexity index is 399. The number of rotatable bonds is 4. The summed E-state index contributed by atoms with van der Waals surface area (Å²) in [5.41, 5.74) is 0.737. The number of nitrogens with zero attached hydrogens (tertiary/aromatic N) is 1. The number of carbonyl (C=O) groups excluding carboxylic acids is 1. The molecule has 1 aliphatic rings. The number of benzene rings is 1. The molecule has 0 aromatic heterocycles.